The molecule has 0 spiro atoms. The second kappa shape index (κ2) is 6.48. The van der Waals surface area contributed by atoms with E-state index in [0.717, 1.165) is 12.2 Å². The van der Waals surface area contributed by atoms with Crippen molar-refractivity contribution in [2.75, 3.05) is 18.4 Å². The second-order valence-electron chi connectivity index (χ2n) is 3.90. The van der Waals surface area contributed by atoms with E-state index in [1.54, 1.807) is 18.7 Å². The molecule has 0 aliphatic heterocycles. The van der Waals surface area contributed by atoms with Crippen LogP contribution in [0.3, 0.4) is 0 Å². The van der Waals surface area contributed by atoms with Crippen molar-refractivity contribution in [3.63, 3.8) is 0 Å². The van der Waals surface area contributed by atoms with E-state index in [1.165, 1.54) is 6.20 Å². The Kier molecular flexibility index (Phi) is 4.44. The molecule has 0 unspecified atom stereocenters. The summed E-state index contributed by atoms with van der Waals surface area (Å²) < 4.78 is 0. The van der Waals surface area contributed by atoms with E-state index in [1.807, 2.05) is 6.92 Å². The third kappa shape index (κ3) is 3.77. The van der Waals surface area contributed by atoms with Crippen molar-refractivity contribution in [1.29, 1.82) is 0 Å². The molecular formula is C12H16N6O. The molecule has 0 aromatic carbocycles. The Bertz CT molecular complexity index is 525. The van der Waals surface area contributed by atoms with Crippen LogP contribution in [0.4, 0.5) is 5.82 Å². The Morgan fingerprint density at radius 3 is 2.95 bits per heavy atom. The number of amides is 1. The first kappa shape index (κ1) is 13.0. The van der Waals surface area contributed by atoms with E-state index >= 15 is 0 Å². The van der Waals surface area contributed by atoms with Gasteiger partial charge in [-0.25, -0.2) is 9.97 Å². The number of hydrogen-bond donors (Lipinski definition) is 3. The van der Waals surface area contributed by atoms with Gasteiger partial charge in [0.2, 0.25) is 0 Å². The van der Waals surface area contributed by atoms with E-state index < -0.39 is 0 Å². The van der Waals surface area contributed by atoms with Gasteiger partial charge in [0.25, 0.3) is 5.91 Å². The van der Waals surface area contributed by atoms with E-state index in [4.69, 9.17) is 0 Å². The smallest absolute Gasteiger partial charge is 0.271 e. The average molecular weight is 260 g/mol. The Morgan fingerprint density at radius 2 is 2.21 bits per heavy atom. The molecule has 1 amide bonds. The van der Waals surface area contributed by atoms with Crippen molar-refractivity contribution in [3.8, 4) is 0 Å². The van der Waals surface area contributed by atoms with Crippen molar-refractivity contribution in [2.45, 2.75) is 13.3 Å². The minimum atomic E-state index is -0.230. The summed E-state index contributed by atoms with van der Waals surface area (Å²) in [4.78, 5) is 26.9. The fraction of sp³-hybridized carbons (Fsp3) is 0.333. The number of aromatic nitrogens is 4. The third-order valence-corrected chi connectivity index (χ3v) is 2.46. The molecule has 0 radical (unpaired) electrons. The Hall–Kier alpha value is -2.44. The zero-order valence-corrected chi connectivity index (χ0v) is 10.7. The molecule has 0 bridgehead atoms. The number of carbonyl (C=O) groups excluding carboxylic acids is 1. The standard InChI is InChI=1S/C12H16N6O/c1-2-15-11-7-13-6-10(18-11)12(19)16-4-3-9-5-14-8-17-9/h5-8H,2-4H2,1H3,(H,14,17)(H,15,18)(H,16,19). The van der Waals surface area contributed by atoms with Gasteiger partial charge in [-0.3, -0.25) is 9.78 Å². The molecule has 100 valence electrons. The summed E-state index contributed by atoms with van der Waals surface area (Å²) in [5, 5.41) is 5.80. The lowest BCUT2D eigenvalue weighted by Crippen LogP contribution is -2.27. The number of hydrogen-bond acceptors (Lipinski definition) is 5. The van der Waals surface area contributed by atoms with Crippen LogP contribution in [0.25, 0.3) is 0 Å². The van der Waals surface area contributed by atoms with Crippen LogP contribution in [0.5, 0.6) is 0 Å². The molecule has 0 fully saturated rings. The number of H-pyrrole nitrogens is 1. The minimum Gasteiger partial charge on any atom is -0.369 e. The lowest BCUT2D eigenvalue weighted by Gasteiger charge is -2.05. The number of nitrogens with zero attached hydrogens (tertiary/aromatic N) is 3. The number of imidazole rings is 1. The van der Waals surface area contributed by atoms with Crippen molar-refractivity contribution < 1.29 is 4.79 Å². The molecule has 0 saturated carbocycles. The summed E-state index contributed by atoms with van der Waals surface area (Å²) in [6, 6.07) is 0. The average Bonchev–Trinajstić information content (AvgIpc) is 2.92. The van der Waals surface area contributed by atoms with Crippen LogP contribution < -0.4 is 10.6 Å². The number of anilines is 1. The van der Waals surface area contributed by atoms with E-state index in [9.17, 15) is 4.79 Å². The number of rotatable bonds is 6. The number of aromatic amines is 1. The molecule has 2 heterocycles. The summed E-state index contributed by atoms with van der Waals surface area (Å²) in [7, 11) is 0. The summed E-state index contributed by atoms with van der Waals surface area (Å²) in [5.41, 5.74) is 1.29. The van der Waals surface area contributed by atoms with Crippen LogP contribution >= 0.6 is 0 Å². The molecule has 19 heavy (non-hydrogen) atoms. The van der Waals surface area contributed by atoms with Gasteiger partial charge < -0.3 is 15.6 Å². The summed E-state index contributed by atoms with van der Waals surface area (Å²) >= 11 is 0. The maximum Gasteiger partial charge on any atom is 0.271 e. The molecule has 7 heteroatoms. The first-order valence-electron chi connectivity index (χ1n) is 6.11. The highest BCUT2D eigenvalue weighted by atomic mass is 16.1. The highest BCUT2D eigenvalue weighted by Crippen LogP contribution is 2.01. The van der Waals surface area contributed by atoms with Crippen LogP contribution in [0.1, 0.15) is 23.1 Å². The maximum atomic E-state index is 11.9. The maximum absolute atomic E-state index is 11.9. The molecule has 0 aliphatic rings. The predicted octanol–water partition coefficient (Wildman–Crippen LogP) is 0.604. The molecule has 3 N–H and O–H groups in total. The summed E-state index contributed by atoms with van der Waals surface area (Å²) in [5.74, 6) is 0.371. The largest absolute Gasteiger partial charge is 0.369 e. The Labute approximate surface area is 110 Å². The molecule has 2 aromatic heterocycles. The monoisotopic (exact) mass is 260 g/mol. The van der Waals surface area contributed by atoms with E-state index in [2.05, 4.69) is 30.6 Å². The van der Waals surface area contributed by atoms with Gasteiger partial charge in [0.05, 0.1) is 18.7 Å². The Balaban J connectivity index is 1.87. The molecule has 2 aromatic rings. The highest BCUT2D eigenvalue weighted by molar-refractivity contribution is 5.92. The molecule has 0 saturated heterocycles. The van der Waals surface area contributed by atoms with Crippen molar-refractivity contribution in [1.82, 2.24) is 25.3 Å². The van der Waals surface area contributed by atoms with Crippen molar-refractivity contribution >= 4 is 11.7 Å². The van der Waals surface area contributed by atoms with Crippen LogP contribution in [-0.2, 0) is 6.42 Å². The molecule has 7 nitrogen and oxygen atoms in total. The van der Waals surface area contributed by atoms with Crippen LogP contribution in [0, 0.1) is 0 Å². The molecule has 0 aliphatic carbocycles. The van der Waals surface area contributed by atoms with Crippen LogP contribution in [-0.4, -0.2) is 38.9 Å². The first-order chi connectivity index (χ1) is 9.29. The van der Waals surface area contributed by atoms with Gasteiger partial charge in [-0.05, 0) is 6.92 Å². The van der Waals surface area contributed by atoms with Gasteiger partial charge in [0.15, 0.2) is 0 Å². The lowest BCUT2D eigenvalue weighted by atomic mass is 10.3. The topological polar surface area (TPSA) is 95.6 Å². The Morgan fingerprint density at radius 1 is 1.32 bits per heavy atom. The van der Waals surface area contributed by atoms with E-state index in [0.29, 0.717) is 24.5 Å². The SMILES string of the molecule is CCNc1cncc(C(=O)NCCc2cnc[nH]2)n1. The highest BCUT2D eigenvalue weighted by Gasteiger charge is 2.08. The van der Waals surface area contributed by atoms with E-state index in [-0.39, 0.29) is 5.91 Å². The second-order valence-corrected chi connectivity index (χ2v) is 3.90. The van der Waals surface area contributed by atoms with Crippen LogP contribution in [0.15, 0.2) is 24.9 Å². The van der Waals surface area contributed by atoms with Gasteiger partial charge >= 0.3 is 0 Å². The third-order valence-electron chi connectivity index (χ3n) is 2.46. The summed E-state index contributed by atoms with van der Waals surface area (Å²) in [6.07, 6.45) is 7.09. The summed E-state index contributed by atoms with van der Waals surface area (Å²) in [6.45, 7) is 3.21. The normalized spacial score (nSPS) is 10.2. The van der Waals surface area contributed by atoms with Gasteiger partial charge in [-0.15, -0.1) is 0 Å². The fourth-order valence-electron chi connectivity index (χ4n) is 1.56. The fourth-order valence-corrected chi connectivity index (χ4v) is 1.56. The van der Waals surface area contributed by atoms with Gasteiger partial charge in [-0.2, -0.15) is 0 Å². The van der Waals surface area contributed by atoms with Gasteiger partial charge in [0.1, 0.15) is 11.5 Å². The number of carbonyl (C=O) groups is 1. The zero-order valence-electron chi connectivity index (χ0n) is 10.7. The number of nitrogens with one attached hydrogen (secondary N) is 3. The predicted molar refractivity (Wildman–Crippen MR) is 70.8 cm³/mol. The van der Waals surface area contributed by atoms with Crippen molar-refractivity contribution in [3.05, 3.63) is 36.3 Å². The minimum absolute atomic E-state index is 0.230. The van der Waals surface area contributed by atoms with Gasteiger partial charge in [-0.1, -0.05) is 0 Å². The molecular weight excluding hydrogens is 244 g/mol. The molecule has 0 atom stereocenters. The molecule has 2 rings (SSSR count). The zero-order chi connectivity index (χ0) is 13.5. The van der Waals surface area contributed by atoms with Gasteiger partial charge in [0, 0.05) is 31.4 Å². The lowest BCUT2D eigenvalue weighted by molar-refractivity contribution is 0.0949. The first-order valence-corrected chi connectivity index (χ1v) is 6.11. The van der Waals surface area contributed by atoms with Crippen molar-refractivity contribution in [2.24, 2.45) is 0 Å². The van der Waals surface area contributed by atoms with Crippen LogP contribution in [0.2, 0.25) is 0 Å². The quantitative estimate of drug-likeness (QED) is 0.707.